The Morgan fingerprint density at radius 3 is 2.62 bits per heavy atom. The van der Waals surface area contributed by atoms with Crippen molar-refractivity contribution in [1.82, 2.24) is 15.4 Å². The van der Waals surface area contributed by atoms with Crippen molar-refractivity contribution in [2.45, 2.75) is 67.4 Å². The Morgan fingerprint density at radius 1 is 1.26 bits per heavy atom. The Morgan fingerprint density at radius 2 is 2.00 bits per heavy atom. The van der Waals surface area contributed by atoms with Gasteiger partial charge in [0.2, 0.25) is 5.91 Å². The number of hydrogen-bond acceptors (Lipinski definition) is 10. The third-order valence-electron chi connectivity index (χ3n) is 4.57. The minimum atomic E-state index is -4.76. The van der Waals surface area contributed by atoms with Crippen molar-refractivity contribution < 1.29 is 37.0 Å². The van der Waals surface area contributed by atoms with Gasteiger partial charge in [0.05, 0.1) is 6.42 Å². The van der Waals surface area contributed by atoms with Crippen LogP contribution < -0.4 is 5.32 Å². The Balaban J connectivity index is 1.59. The van der Waals surface area contributed by atoms with E-state index in [0.717, 1.165) is 5.03 Å². The van der Waals surface area contributed by atoms with Gasteiger partial charge in [-0.1, -0.05) is 23.3 Å². The molecule has 0 radical (unpaired) electrons. The second-order valence-corrected chi connectivity index (χ2v) is 12.6. The molecule has 1 atom stereocenters. The lowest BCUT2D eigenvalue weighted by Crippen LogP contribution is -2.36. The number of unbranched alkanes of at least 4 members (excludes halogenated alkanes) is 2. The number of amides is 3. The van der Waals surface area contributed by atoms with E-state index < -0.39 is 39.6 Å². The summed E-state index contributed by atoms with van der Waals surface area (Å²) in [6.45, 7) is 4.39. The van der Waals surface area contributed by atoms with Crippen molar-refractivity contribution in [3.05, 3.63) is 24.4 Å². The fraction of sp³-hybridized carbons (Fsp3) is 0.550. The fourth-order valence-corrected chi connectivity index (χ4v) is 5.74. The summed E-state index contributed by atoms with van der Waals surface area (Å²) in [5.74, 6) is -3.25. The van der Waals surface area contributed by atoms with Crippen LogP contribution in [0.15, 0.2) is 29.4 Å². The minimum absolute atomic E-state index is 0.0852. The third-order valence-corrected chi connectivity index (χ3v) is 8.87. The number of aromatic nitrogens is 1. The van der Waals surface area contributed by atoms with Crippen LogP contribution >= 0.6 is 21.6 Å². The number of rotatable bonds is 13. The van der Waals surface area contributed by atoms with E-state index in [2.05, 4.69) is 15.1 Å². The molecule has 0 spiro atoms. The molecule has 1 aromatic rings. The second kappa shape index (κ2) is 12.5. The fourth-order valence-electron chi connectivity index (χ4n) is 2.89. The summed E-state index contributed by atoms with van der Waals surface area (Å²) < 4.78 is 30.8. The van der Waals surface area contributed by atoms with Gasteiger partial charge in [0.15, 0.2) is 5.25 Å². The lowest BCUT2D eigenvalue weighted by Gasteiger charge is -2.22. The number of imide groups is 1. The zero-order valence-corrected chi connectivity index (χ0v) is 21.2. The van der Waals surface area contributed by atoms with Crippen molar-refractivity contribution in [2.24, 2.45) is 0 Å². The number of carbonyl (C=O) groups excluding carboxylic acids is 4. The van der Waals surface area contributed by atoms with Crippen LogP contribution in [0.5, 0.6) is 0 Å². The molecule has 0 aliphatic carbocycles. The molecule has 1 aliphatic heterocycles. The summed E-state index contributed by atoms with van der Waals surface area (Å²) in [7, 11) is -1.68. The highest BCUT2D eigenvalue weighted by Crippen LogP contribution is 2.41. The smallest absolute Gasteiger partial charge is 0.333 e. The summed E-state index contributed by atoms with van der Waals surface area (Å²) in [5.41, 5.74) is 0. The monoisotopic (exact) mass is 533 g/mol. The molecule has 1 fully saturated rings. The highest BCUT2D eigenvalue weighted by molar-refractivity contribution is 8.77. The molecule has 1 saturated heterocycles. The average Bonchev–Trinajstić information content (AvgIpc) is 3.04. The third kappa shape index (κ3) is 9.24. The predicted molar refractivity (Wildman–Crippen MR) is 126 cm³/mol. The highest BCUT2D eigenvalue weighted by Gasteiger charge is 2.48. The maximum absolute atomic E-state index is 12.2. The zero-order valence-electron chi connectivity index (χ0n) is 18.8. The summed E-state index contributed by atoms with van der Waals surface area (Å²) in [6, 6.07) is 5.65. The Hall–Kier alpha value is -2.16. The summed E-state index contributed by atoms with van der Waals surface area (Å²) >= 11 is 0. The van der Waals surface area contributed by atoms with E-state index in [1.165, 1.54) is 10.8 Å². The number of hydroxylamine groups is 2. The molecule has 2 heterocycles. The number of carbonyl (C=O) groups is 4. The number of hydrogen-bond donors (Lipinski definition) is 2. The summed E-state index contributed by atoms with van der Waals surface area (Å²) in [6.07, 6.45) is 2.74. The first-order valence-corrected chi connectivity index (χ1v) is 14.1. The van der Waals surface area contributed by atoms with Crippen molar-refractivity contribution in [2.75, 3.05) is 6.54 Å². The molecule has 2 rings (SSSR count). The largest absolute Gasteiger partial charge is 0.356 e. The van der Waals surface area contributed by atoms with Crippen LogP contribution in [0.4, 0.5) is 0 Å². The Bertz CT molecular complexity index is 1000. The van der Waals surface area contributed by atoms with Crippen LogP contribution in [0.25, 0.3) is 0 Å². The van der Waals surface area contributed by atoms with Gasteiger partial charge in [-0.3, -0.25) is 18.9 Å². The van der Waals surface area contributed by atoms with Gasteiger partial charge >= 0.3 is 5.97 Å². The highest BCUT2D eigenvalue weighted by atomic mass is 33.1. The molecule has 0 bridgehead atoms. The molecule has 0 aromatic carbocycles. The van der Waals surface area contributed by atoms with Gasteiger partial charge in [-0.25, -0.2) is 9.78 Å². The van der Waals surface area contributed by atoms with Gasteiger partial charge in [-0.15, -0.1) is 5.06 Å². The first-order chi connectivity index (χ1) is 15.9. The Kier molecular flexibility index (Phi) is 10.3. The number of nitrogens with one attached hydrogen (secondary N) is 1. The SMILES string of the molecule is CC(C)(CC(=O)NCCCCCC(=O)ON1C(=O)CC(S(=O)(=O)O)C1=O)SSc1ccccn1. The first-order valence-electron chi connectivity index (χ1n) is 10.5. The van der Waals surface area contributed by atoms with E-state index in [4.69, 9.17) is 4.55 Å². The van der Waals surface area contributed by atoms with Gasteiger partial charge in [-0.2, -0.15) is 8.42 Å². The van der Waals surface area contributed by atoms with Crippen LogP contribution in [0, 0.1) is 0 Å². The van der Waals surface area contributed by atoms with E-state index in [0.29, 0.717) is 32.2 Å². The summed E-state index contributed by atoms with van der Waals surface area (Å²) in [5, 5.41) is 1.85. The van der Waals surface area contributed by atoms with Gasteiger partial charge in [0.25, 0.3) is 21.9 Å². The van der Waals surface area contributed by atoms with Crippen molar-refractivity contribution >= 4 is 55.4 Å². The molecule has 11 nitrogen and oxygen atoms in total. The molecule has 188 valence electrons. The Labute approximate surface area is 205 Å². The van der Waals surface area contributed by atoms with Gasteiger partial charge in [-0.05, 0) is 49.6 Å². The molecule has 2 N–H and O–H groups in total. The maximum atomic E-state index is 12.2. The van der Waals surface area contributed by atoms with E-state index >= 15 is 0 Å². The van der Waals surface area contributed by atoms with Gasteiger partial charge in [0, 0.05) is 30.3 Å². The van der Waals surface area contributed by atoms with Crippen LogP contribution in [0.3, 0.4) is 0 Å². The molecule has 0 saturated carbocycles. The maximum Gasteiger partial charge on any atom is 0.333 e. The minimum Gasteiger partial charge on any atom is -0.356 e. The van der Waals surface area contributed by atoms with Crippen LogP contribution in [-0.2, 0) is 34.1 Å². The molecule has 3 amide bonds. The standard InChI is InChI=1S/C20H27N3O8S3/c1-20(2,33-32-16-8-5-7-11-22-16)13-15(24)21-10-6-3-4-9-18(26)31-23-17(25)12-14(19(23)27)34(28,29)30/h5,7-8,11,14H,3-4,6,9-10,12-13H2,1-2H3,(H,21,24)(H,28,29,30). The molecular weight excluding hydrogens is 506 g/mol. The summed E-state index contributed by atoms with van der Waals surface area (Å²) in [4.78, 5) is 56.5. The van der Waals surface area contributed by atoms with Crippen LogP contribution in [0.1, 0.15) is 52.4 Å². The molecular formula is C20H27N3O8S3. The normalized spacial score (nSPS) is 16.6. The molecule has 14 heteroatoms. The molecule has 1 aromatic heterocycles. The van der Waals surface area contributed by atoms with E-state index in [1.54, 1.807) is 17.0 Å². The van der Waals surface area contributed by atoms with Crippen LogP contribution in [-0.4, -0.2) is 63.3 Å². The van der Waals surface area contributed by atoms with Gasteiger partial charge < -0.3 is 10.2 Å². The molecule has 1 unspecified atom stereocenters. The molecule has 1 aliphatic rings. The zero-order chi connectivity index (χ0) is 25.4. The first kappa shape index (κ1) is 28.1. The number of nitrogens with zero attached hydrogens (tertiary/aromatic N) is 2. The van der Waals surface area contributed by atoms with Crippen LogP contribution in [0.2, 0.25) is 0 Å². The average molecular weight is 534 g/mol. The predicted octanol–water partition coefficient (Wildman–Crippen LogP) is 2.14. The quantitative estimate of drug-likeness (QED) is 0.165. The lowest BCUT2D eigenvalue weighted by molar-refractivity contribution is -0.197. The topological polar surface area (TPSA) is 160 Å². The van der Waals surface area contributed by atoms with Crippen molar-refractivity contribution in [1.29, 1.82) is 0 Å². The lowest BCUT2D eigenvalue weighted by atomic mass is 10.1. The van der Waals surface area contributed by atoms with E-state index in [1.807, 2.05) is 32.0 Å². The van der Waals surface area contributed by atoms with E-state index in [-0.39, 0.29) is 22.1 Å². The van der Waals surface area contributed by atoms with E-state index in [9.17, 15) is 27.6 Å². The van der Waals surface area contributed by atoms with Gasteiger partial charge in [0.1, 0.15) is 5.03 Å². The molecule has 34 heavy (non-hydrogen) atoms. The number of pyridine rings is 1. The van der Waals surface area contributed by atoms with Crippen molar-refractivity contribution in [3.8, 4) is 0 Å². The van der Waals surface area contributed by atoms with Crippen molar-refractivity contribution in [3.63, 3.8) is 0 Å². The second-order valence-electron chi connectivity index (χ2n) is 8.13.